The number of rotatable bonds is 5. The topological polar surface area (TPSA) is 88.6 Å². The van der Waals surface area contributed by atoms with Gasteiger partial charge in [-0.25, -0.2) is 8.42 Å². The maximum atomic E-state index is 12.1. The molecule has 0 aliphatic carbocycles. The van der Waals surface area contributed by atoms with Crippen molar-refractivity contribution in [3.8, 4) is 0 Å². The molecule has 0 aromatic carbocycles. The van der Waals surface area contributed by atoms with Gasteiger partial charge >= 0.3 is 0 Å². The highest BCUT2D eigenvalue weighted by Crippen LogP contribution is 2.36. The first-order chi connectivity index (χ1) is 10.9. The molecule has 8 heteroatoms. The average Bonchev–Trinajstić information content (AvgIpc) is 3.08. The molecule has 2 aliphatic rings. The summed E-state index contributed by atoms with van der Waals surface area (Å²) in [5, 5.41) is 2.86. The summed E-state index contributed by atoms with van der Waals surface area (Å²) in [5.41, 5.74) is 0.811. The summed E-state index contributed by atoms with van der Waals surface area (Å²) in [7, 11) is -3.20. The number of ether oxygens (including phenoxy) is 1. The van der Waals surface area contributed by atoms with Gasteiger partial charge in [-0.1, -0.05) is 6.07 Å². The normalized spacial score (nSPS) is 27.8. The Morgan fingerprint density at radius 3 is 2.96 bits per heavy atom. The SMILES string of the molecule is CS(=O)(=O)N1C[C@@H]2[C@H](CC(=O)NCc3ccccn3)CO[C@@H]2C1. The Balaban J connectivity index is 1.51. The Hall–Kier alpha value is -1.51. The molecule has 23 heavy (non-hydrogen) atoms. The number of nitrogens with zero attached hydrogens (tertiary/aromatic N) is 2. The Labute approximate surface area is 136 Å². The number of pyridine rings is 1. The van der Waals surface area contributed by atoms with Crippen LogP contribution in [0.4, 0.5) is 0 Å². The molecule has 7 nitrogen and oxygen atoms in total. The second kappa shape index (κ2) is 6.54. The molecule has 0 bridgehead atoms. The lowest BCUT2D eigenvalue weighted by molar-refractivity contribution is -0.122. The third-order valence-electron chi connectivity index (χ3n) is 4.51. The van der Waals surface area contributed by atoms with Crippen LogP contribution in [0.25, 0.3) is 0 Å². The van der Waals surface area contributed by atoms with Crippen LogP contribution < -0.4 is 5.32 Å². The van der Waals surface area contributed by atoms with E-state index >= 15 is 0 Å². The van der Waals surface area contributed by atoms with Crippen molar-refractivity contribution in [2.45, 2.75) is 19.1 Å². The van der Waals surface area contributed by atoms with Crippen molar-refractivity contribution in [3.63, 3.8) is 0 Å². The van der Waals surface area contributed by atoms with Crippen molar-refractivity contribution in [1.29, 1.82) is 0 Å². The van der Waals surface area contributed by atoms with Crippen LogP contribution in [0.1, 0.15) is 12.1 Å². The van der Waals surface area contributed by atoms with Crippen LogP contribution in [0, 0.1) is 11.8 Å². The van der Waals surface area contributed by atoms with Gasteiger partial charge in [-0.2, -0.15) is 4.31 Å². The third-order valence-corrected chi connectivity index (χ3v) is 5.75. The molecule has 0 unspecified atom stereocenters. The van der Waals surface area contributed by atoms with Gasteiger partial charge in [0.05, 0.1) is 31.2 Å². The van der Waals surface area contributed by atoms with E-state index in [0.717, 1.165) is 5.69 Å². The van der Waals surface area contributed by atoms with Crippen LogP contribution in [0.2, 0.25) is 0 Å². The first-order valence-electron chi connectivity index (χ1n) is 7.67. The molecule has 1 N–H and O–H groups in total. The zero-order chi connectivity index (χ0) is 16.4. The van der Waals surface area contributed by atoms with E-state index in [0.29, 0.717) is 32.7 Å². The van der Waals surface area contributed by atoms with Gasteiger partial charge in [0.1, 0.15) is 0 Å². The molecule has 0 radical (unpaired) electrons. The standard InChI is InChI=1S/C15H21N3O4S/c1-23(20,21)18-8-13-11(10-22-14(13)9-18)6-15(19)17-7-12-4-2-3-5-16-12/h2-5,11,13-14H,6-10H2,1H3,(H,17,19)/t11-,13-,14-/m1/s1. The van der Waals surface area contributed by atoms with Gasteiger partial charge in [-0.05, 0) is 18.1 Å². The summed E-state index contributed by atoms with van der Waals surface area (Å²) in [6.45, 7) is 1.76. The molecule has 3 rings (SSSR count). The highest BCUT2D eigenvalue weighted by Gasteiger charge is 2.46. The first-order valence-corrected chi connectivity index (χ1v) is 9.51. The highest BCUT2D eigenvalue weighted by molar-refractivity contribution is 7.88. The van der Waals surface area contributed by atoms with Crippen molar-refractivity contribution in [2.75, 3.05) is 26.0 Å². The fourth-order valence-corrected chi connectivity index (χ4v) is 4.11. The second-order valence-electron chi connectivity index (χ2n) is 6.18. The number of carbonyl (C=O) groups is 1. The summed E-state index contributed by atoms with van der Waals surface area (Å²) in [6, 6.07) is 5.56. The molecular weight excluding hydrogens is 318 g/mol. The van der Waals surface area contributed by atoms with Gasteiger partial charge < -0.3 is 10.1 Å². The van der Waals surface area contributed by atoms with E-state index in [-0.39, 0.29) is 23.8 Å². The van der Waals surface area contributed by atoms with Gasteiger partial charge in [0.15, 0.2) is 0 Å². The van der Waals surface area contributed by atoms with Crippen LogP contribution in [0.15, 0.2) is 24.4 Å². The Morgan fingerprint density at radius 1 is 1.43 bits per heavy atom. The molecule has 3 atom stereocenters. The van der Waals surface area contributed by atoms with Gasteiger partial charge in [0, 0.05) is 31.6 Å². The molecule has 1 amide bonds. The number of carbonyl (C=O) groups excluding carboxylic acids is 1. The van der Waals surface area contributed by atoms with Crippen LogP contribution in [0.5, 0.6) is 0 Å². The monoisotopic (exact) mass is 339 g/mol. The van der Waals surface area contributed by atoms with Gasteiger partial charge in [0.25, 0.3) is 0 Å². The van der Waals surface area contributed by atoms with Crippen molar-refractivity contribution < 1.29 is 17.9 Å². The largest absolute Gasteiger partial charge is 0.376 e. The predicted octanol–water partition coefficient (Wildman–Crippen LogP) is -0.00570. The third kappa shape index (κ3) is 3.88. The summed E-state index contributed by atoms with van der Waals surface area (Å²) < 4.78 is 30.4. The number of sulfonamides is 1. The van der Waals surface area contributed by atoms with E-state index in [2.05, 4.69) is 10.3 Å². The minimum absolute atomic E-state index is 0.0530. The molecule has 1 aromatic heterocycles. The van der Waals surface area contributed by atoms with Gasteiger partial charge in [0.2, 0.25) is 15.9 Å². The molecular formula is C15H21N3O4S. The smallest absolute Gasteiger partial charge is 0.220 e. The minimum atomic E-state index is -3.20. The van der Waals surface area contributed by atoms with Gasteiger partial charge in [-0.3, -0.25) is 9.78 Å². The van der Waals surface area contributed by atoms with Crippen molar-refractivity contribution in [3.05, 3.63) is 30.1 Å². The highest BCUT2D eigenvalue weighted by atomic mass is 32.2. The van der Waals surface area contributed by atoms with Crippen LogP contribution >= 0.6 is 0 Å². The van der Waals surface area contributed by atoms with Crippen molar-refractivity contribution in [1.82, 2.24) is 14.6 Å². The molecule has 1 aromatic rings. The predicted molar refractivity (Wildman–Crippen MR) is 83.8 cm³/mol. The summed E-state index contributed by atoms with van der Waals surface area (Å²) in [4.78, 5) is 16.3. The molecule has 2 fully saturated rings. The lowest BCUT2D eigenvalue weighted by atomic mass is 9.90. The van der Waals surface area contributed by atoms with Crippen molar-refractivity contribution in [2.24, 2.45) is 11.8 Å². The lowest BCUT2D eigenvalue weighted by Crippen LogP contribution is -2.31. The molecule has 0 spiro atoms. The number of aromatic nitrogens is 1. The zero-order valence-corrected chi connectivity index (χ0v) is 13.8. The van der Waals surface area contributed by atoms with Crippen molar-refractivity contribution >= 4 is 15.9 Å². The molecule has 3 heterocycles. The minimum Gasteiger partial charge on any atom is -0.376 e. The van der Waals surface area contributed by atoms with E-state index in [1.54, 1.807) is 6.20 Å². The molecule has 0 saturated carbocycles. The summed E-state index contributed by atoms with van der Waals surface area (Å²) >= 11 is 0. The number of hydrogen-bond acceptors (Lipinski definition) is 5. The zero-order valence-electron chi connectivity index (χ0n) is 13.0. The second-order valence-corrected chi connectivity index (χ2v) is 8.16. The van der Waals surface area contributed by atoms with Gasteiger partial charge in [-0.15, -0.1) is 0 Å². The maximum Gasteiger partial charge on any atom is 0.220 e. The molecule has 2 saturated heterocycles. The fraction of sp³-hybridized carbons (Fsp3) is 0.600. The van der Waals surface area contributed by atoms with E-state index in [4.69, 9.17) is 4.74 Å². The van der Waals surface area contributed by atoms with Crippen LogP contribution in [-0.2, 0) is 26.1 Å². The molecule has 126 valence electrons. The average molecular weight is 339 g/mol. The number of fused-ring (bicyclic) bond motifs is 1. The first kappa shape index (κ1) is 16.4. The van der Waals surface area contributed by atoms with E-state index in [1.165, 1.54) is 10.6 Å². The maximum absolute atomic E-state index is 12.1. The Morgan fingerprint density at radius 2 is 2.26 bits per heavy atom. The Bertz CT molecular complexity index is 665. The van der Waals surface area contributed by atoms with Crippen LogP contribution in [0.3, 0.4) is 0 Å². The van der Waals surface area contributed by atoms with E-state index < -0.39 is 10.0 Å². The lowest BCUT2D eigenvalue weighted by Gasteiger charge is -2.17. The Kier molecular flexibility index (Phi) is 4.65. The number of hydrogen-bond donors (Lipinski definition) is 1. The molecule has 2 aliphatic heterocycles. The van der Waals surface area contributed by atoms with E-state index in [1.807, 2.05) is 18.2 Å². The summed E-state index contributed by atoms with van der Waals surface area (Å²) in [6.07, 6.45) is 3.17. The quantitative estimate of drug-likeness (QED) is 0.815. The fourth-order valence-electron chi connectivity index (χ4n) is 3.25. The van der Waals surface area contributed by atoms with Crippen LogP contribution in [-0.4, -0.2) is 55.7 Å². The summed E-state index contributed by atoms with van der Waals surface area (Å²) in [5.74, 6) is 0.114. The van der Waals surface area contributed by atoms with E-state index in [9.17, 15) is 13.2 Å². The number of nitrogens with one attached hydrogen (secondary N) is 1. The number of amides is 1.